The first kappa shape index (κ1) is 12.9. The molecule has 0 saturated carbocycles. The van der Waals surface area contributed by atoms with Gasteiger partial charge in [-0.3, -0.25) is 9.48 Å². The number of carbonyl (C=O) groups is 1. The summed E-state index contributed by atoms with van der Waals surface area (Å²) in [4.78, 5) is 11.8. The van der Waals surface area contributed by atoms with Gasteiger partial charge >= 0.3 is 0 Å². The van der Waals surface area contributed by atoms with Gasteiger partial charge in [0.2, 0.25) is 5.91 Å². The molecule has 0 aliphatic rings. The van der Waals surface area contributed by atoms with Gasteiger partial charge in [0.1, 0.15) is 6.54 Å². The fourth-order valence-corrected chi connectivity index (χ4v) is 1.94. The van der Waals surface area contributed by atoms with Crippen molar-refractivity contribution in [2.75, 3.05) is 11.1 Å². The van der Waals surface area contributed by atoms with E-state index in [-0.39, 0.29) is 12.5 Å². The van der Waals surface area contributed by atoms with Crippen molar-refractivity contribution in [2.24, 2.45) is 0 Å². The Morgan fingerprint density at radius 3 is 3.00 bits per heavy atom. The van der Waals surface area contributed by atoms with Gasteiger partial charge < -0.3 is 11.1 Å². The monoisotopic (exact) mass is 328 g/mol. The van der Waals surface area contributed by atoms with E-state index in [1.54, 1.807) is 24.4 Å². The zero-order chi connectivity index (χ0) is 13.1. The molecule has 1 amide bonds. The van der Waals surface area contributed by atoms with Crippen LogP contribution in [0.25, 0.3) is 0 Å². The molecule has 18 heavy (non-hydrogen) atoms. The van der Waals surface area contributed by atoms with Gasteiger partial charge in [-0.05, 0) is 28.1 Å². The van der Waals surface area contributed by atoms with Crippen molar-refractivity contribution in [3.8, 4) is 0 Å². The van der Waals surface area contributed by atoms with Crippen LogP contribution in [0, 0.1) is 0 Å². The number of amides is 1. The van der Waals surface area contributed by atoms with Crippen molar-refractivity contribution in [1.29, 1.82) is 0 Å². The van der Waals surface area contributed by atoms with E-state index in [1.165, 1.54) is 10.9 Å². The number of nitrogens with zero attached hydrogens (tertiary/aromatic N) is 2. The maximum Gasteiger partial charge on any atom is 0.246 e. The molecule has 2 aromatic rings. The highest BCUT2D eigenvalue weighted by atomic mass is 79.9. The molecule has 1 aromatic carbocycles. The van der Waals surface area contributed by atoms with E-state index < -0.39 is 0 Å². The smallest absolute Gasteiger partial charge is 0.246 e. The summed E-state index contributed by atoms with van der Waals surface area (Å²) in [5.41, 5.74) is 6.65. The average molecular weight is 330 g/mol. The lowest BCUT2D eigenvalue weighted by atomic mass is 10.3. The first-order valence-corrected chi connectivity index (χ1v) is 6.25. The lowest BCUT2D eigenvalue weighted by Gasteiger charge is -2.08. The normalized spacial score (nSPS) is 10.3. The summed E-state index contributed by atoms with van der Waals surface area (Å²) in [5, 5.41) is 7.21. The Labute approximate surface area is 117 Å². The highest BCUT2D eigenvalue weighted by Crippen LogP contribution is 2.29. The zero-order valence-corrected chi connectivity index (χ0v) is 11.6. The molecule has 7 heteroatoms. The van der Waals surface area contributed by atoms with Gasteiger partial charge in [0.25, 0.3) is 0 Å². The van der Waals surface area contributed by atoms with Gasteiger partial charge in [0, 0.05) is 6.20 Å². The molecule has 5 nitrogen and oxygen atoms in total. The largest absolute Gasteiger partial charge is 0.396 e. The lowest BCUT2D eigenvalue weighted by molar-refractivity contribution is -0.116. The lowest BCUT2D eigenvalue weighted by Crippen LogP contribution is -2.19. The summed E-state index contributed by atoms with van der Waals surface area (Å²) in [6.07, 6.45) is 3.08. The Hall–Kier alpha value is -1.53. The van der Waals surface area contributed by atoms with E-state index in [0.29, 0.717) is 20.9 Å². The summed E-state index contributed by atoms with van der Waals surface area (Å²) in [6.45, 7) is 0.0934. The molecule has 0 spiro atoms. The van der Waals surface area contributed by atoms with Crippen LogP contribution in [0.4, 0.5) is 11.4 Å². The minimum atomic E-state index is -0.207. The topological polar surface area (TPSA) is 72.9 Å². The number of benzene rings is 1. The second-order valence-corrected chi connectivity index (χ2v) is 4.82. The third-order valence-electron chi connectivity index (χ3n) is 2.18. The molecule has 94 valence electrons. The van der Waals surface area contributed by atoms with Crippen LogP contribution in [0.15, 0.2) is 35.1 Å². The molecular weight excluding hydrogens is 320 g/mol. The maximum absolute atomic E-state index is 11.8. The van der Waals surface area contributed by atoms with Crippen molar-refractivity contribution in [3.05, 3.63) is 40.1 Å². The minimum Gasteiger partial charge on any atom is -0.396 e. The first-order chi connectivity index (χ1) is 8.56. The molecule has 0 aliphatic carbocycles. The predicted molar refractivity (Wildman–Crippen MR) is 74.4 cm³/mol. The number of halogens is 2. The van der Waals surface area contributed by atoms with Gasteiger partial charge in [-0.15, -0.1) is 0 Å². The molecule has 0 fully saturated rings. The molecule has 1 aromatic heterocycles. The zero-order valence-electron chi connectivity index (χ0n) is 9.23. The van der Waals surface area contributed by atoms with Crippen LogP contribution in [-0.2, 0) is 11.3 Å². The van der Waals surface area contributed by atoms with E-state index in [2.05, 4.69) is 26.3 Å². The average Bonchev–Trinajstić information content (AvgIpc) is 2.70. The Morgan fingerprint density at radius 1 is 1.56 bits per heavy atom. The Morgan fingerprint density at radius 2 is 2.33 bits per heavy atom. The number of aromatic nitrogens is 2. The van der Waals surface area contributed by atoms with Gasteiger partial charge in [-0.1, -0.05) is 17.7 Å². The Bertz CT molecular complexity index is 584. The third-order valence-corrected chi connectivity index (χ3v) is 3.58. The third kappa shape index (κ3) is 3.02. The number of nitrogens with two attached hydrogens (primary N) is 1. The fourth-order valence-electron chi connectivity index (χ4n) is 1.40. The van der Waals surface area contributed by atoms with Crippen LogP contribution in [0.3, 0.4) is 0 Å². The van der Waals surface area contributed by atoms with E-state index in [4.69, 9.17) is 17.3 Å². The van der Waals surface area contributed by atoms with Crippen LogP contribution in [0.5, 0.6) is 0 Å². The summed E-state index contributed by atoms with van der Waals surface area (Å²) < 4.78 is 2.11. The van der Waals surface area contributed by atoms with Gasteiger partial charge in [0.15, 0.2) is 0 Å². The summed E-state index contributed by atoms with van der Waals surface area (Å²) in [6, 6.07) is 5.25. The first-order valence-electron chi connectivity index (χ1n) is 5.08. The fraction of sp³-hybridized carbons (Fsp3) is 0.0909. The van der Waals surface area contributed by atoms with Crippen LogP contribution >= 0.6 is 27.5 Å². The van der Waals surface area contributed by atoms with Crippen molar-refractivity contribution >= 4 is 44.8 Å². The van der Waals surface area contributed by atoms with Crippen molar-refractivity contribution in [2.45, 2.75) is 6.54 Å². The molecule has 0 radical (unpaired) electrons. The van der Waals surface area contributed by atoms with E-state index >= 15 is 0 Å². The van der Waals surface area contributed by atoms with Gasteiger partial charge in [-0.25, -0.2) is 0 Å². The number of hydrogen-bond donors (Lipinski definition) is 2. The van der Waals surface area contributed by atoms with E-state index in [0.717, 1.165) is 0 Å². The second-order valence-electron chi connectivity index (χ2n) is 3.62. The van der Waals surface area contributed by atoms with E-state index in [9.17, 15) is 4.79 Å². The van der Waals surface area contributed by atoms with E-state index in [1.807, 2.05) is 0 Å². The minimum absolute atomic E-state index is 0.0934. The molecule has 0 bridgehead atoms. The van der Waals surface area contributed by atoms with Crippen LogP contribution in [-0.4, -0.2) is 15.7 Å². The number of hydrogen-bond acceptors (Lipinski definition) is 3. The van der Waals surface area contributed by atoms with Crippen LogP contribution < -0.4 is 11.1 Å². The van der Waals surface area contributed by atoms with Crippen LogP contribution in [0.1, 0.15) is 0 Å². The summed E-state index contributed by atoms with van der Waals surface area (Å²) >= 11 is 9.24. The Kier molecular flexibility index (Phi) is 3.88. The second kappa shape index (κ2) is 5.41. The van der Waals surface area contributed by atoms with Crippen LogP contribution in [0.2, 0.25) is 5.02 Å². The number of carbonyl (C=O) groups excluding carboxylic acids is 1. The van der Waals surface area contributed by atoms with Crippen molar-refractivity contribution in [1.82, 2.24) is 9.78 Å². The van der Waals surface area contributed by atoms with Crippen molar-refractivity contribution in [3.63, 3.8) is 0 Å². The number of nitrogen functional groups attached to an aromatic ring is 1. The quantitative estimate of drug-likeness (QED) is 0.909. The van der Waals surface area contributed by atoms with Gasteiger partial charge in [-0.2, -0.15) is 5.10 Å². The highest BCUT2D eigenvalue weighted by molar-refractivity contribution is 9.10. The number of anilines is 2. The number of nitrogens with one attached hydrogen (secondary N) is 1. The number of rotatable bonds is 3. The van der Waals surface area contributed by atoms with Crippen molar-refractivity contribution < 1.29 is 4.79 Å². The summed E-state index contributed by atoms with van der Waals surface area (Å²) in [5.74, 6) is -0.207. The molecular formula is C11H10BrClN4O. The highest BCUT2D eigenvalue weighted by Gasteiger charge is 2.08. The standard InChI is InChI=1S/C11H10BrClN4O/c12-11-8(13)2-1-3-9(11)16-10(18)6-17-5-7(14)4-15-17/h1-5H,6,14H2,(H,16,18). The SMILES string of the molecule is Nc1cnn(CC(=O)Nc2cccc(Cl)c2Br)c1. The van der Waals surface area contributed by atoms with Gasteiger partial charge in [0.05, 0.1) is 27.1 Å². The molecule has 2 rings (SSSR count). The molecule has 0 atom stereocenters. The predicted octanol–water partition coefficient (Wildman–Crippen LogP) is 2.52. The maximum atomic E-state index is 11.8. The Balaban J connectivity index is 2.05. The summed E-state index contributed by atoms with van der Waals surface area (Å²) in [7, 11) is 0. The molecule has 1 heterocycles. The molecule has 0 saturated heterocycles. The molecule has 0 aliphatic heterocycles. The molecule has 3 N–H and O–H groups in total. The molecule has 0 unspecified atom stereocenters.